The molecule has 0 fully saturated rings. The van der Waals surface area contributed by atoms with E-state index in [-0.39, 0.29) is 16.8 Å². The number of hydrogen-bond donors (Lipinski definition) is 2. The zero-order chi connectivity index (χ0) is 20.6. The highest BCUT2D eigenvalue weighted by molar-refractivity contribution is 7.84. The molecule has 1 aromatic rings. The lowest BCUT2D eigenvalue weighted by Crippen LogP contribution is -2.36. The highest BCUT2D eigenvalue weighted by atomic mass is 32.2. The lowest BCUT2D eigenvalue weighted by Gasteiger charge is -2.24. The van der Waals surface area contributed by atoms with Crippen LogP contribution in [0.5, 0.6) is 0 Å². The third kappa shape index (κ3) is 6.47. The molecule has 0 saturated carbocycles. The van der Waals surface area contributed by atoms with Gasteiger partial charge in [-0.1, -0.05) is 12.2 Å². The summed E-state index contributed by atoms with van der Waals surface area (Å²) in [4.78, 5) is 15.7. The minimum atomic E-state index is -1.23. The van der Waals surface area contributed by atoms with Gasteiger partial charge in [-0.3, -0.25) is 0 Å². The summed E-state index contributed by atoms with van der Waals surface area (Å²) in [5, 5.41) is 0. The molecule has 0 radical (unpaired) electrons. The molecule has 1 heterocycles. The molecule has 0 aliphatic carbocycles. The van der Waals surface area contributed by atoms with Crippen LogP contribution in [0.1, 0.15) is 80.3 Å². The van der Waals surface area contributed by atoms with E-state index in [1.165, 1.54) is 0 Å². The second kappa shape index (κ2) is 10.6. The van der Waals surface area contributed by atoms with Crippen LogP contribution in [0.4, 0.5) is 0 Å². The fourth-order valence-electron chi connectivity index (χ4n) is 2.79. The Labute approximate surface area is 166 Å². The highest BCUT2D eigenvalue weighted by Gasteiger charge is 2.28. The van der Waals surface area contributed by atoms with Crippen molar-refractivity contribution in [3.8, 4) is 0 Å². The summed E-state index contributed by atoms with van der Waals surface area (Å²) in [7, 11) is -1.23. The Morgan fingerprint density at radius 2 is 1.93 bits per heavy atom. The molecule has 152 valence electrons. The Hall–Kier alpha value is -1.66. The Morgan fingerprint density at radius 3 is 2.44 bits per heavy atom. The molecule has 2 atom stereocenters. The van der Waals surface area contributed by atoms with E-state index in [1.54, 1.807) is 6.92 Å². The molecule has 0 bridgehead atoms. The number of aromatic amines is 1. The lowest BCUT2D eigenvalue weighted by molar-refractivity contribution is 0.0518. The van der Waals surface area contributed by atoms with Crippen molar-refractivity contribution in [2.24, 2.45) is 0 Å². The Balaban J connectivity index is 3.34. The molecule has 2 N–H and O–H groups in total. The van der Waals surface area contributed by atoms with Crippen molar-refractivity contribution in [3.63, 3.8) is 0 Å². The molecule has 5 nitrogen and oxygen atoms in total. The van der Waals surface area contributed by atoms with E-state index in [4.69, 9.17) is 4.74 Å². The third-order valence-corrected chi connectivity index (χ3v) is 5.92. The standard InChI is InChI=1S/C21H34N2O3S/c1-8-11-13-16-15(4)18(22-19(16)20(24)26-10-3)17(14-12-9-2)23-27(25)21(5,6)7/h8-9,17,22-23H,1-2,10-14H2,3-7H3. The van der Waals surface area contributed by atoms with Crippen LogP contribution in [0.2, 0.25) is 0 Å². The summed E-state index contributed by atoms with van der Waals surface area (Å²) in [5.41, 5.74) is 3.32. The van der Waals surface area contributed by atoms with Gasteiger partial charge in [0, 0.05) is 5.69 Å². The van der Waals surface area contributed by atoms with Crippen molar-refractivity contribution in [2.45, 2.75) is 71.1 Å². The second-order valence-corrected chi connectivity index (χ2v) is 9.48. The fourth-order valence-corrected chi connectivity index (χ4v) is 3.64. The van der Waals surface area contributed by atoms with Gasteiger partial charge in [-0.15, -0.1) is 13.2 Å². The number of carbonyl (C=O) groups is 1. The number of hydrogen-bond acceptors (Lipinski definition) is 3. The van der Waals surface area contributed by atoms with Gasteiger partial charge in [0.15, 0.2) is 0 Å². The average Bonchev–Trinajstić information content (AvgIpc) is 2.92. The Kier molecular flexibility index (Phi) is 9.19. The molecule has 0 saturated heterocycles. The number of rotatable bonds is 11. The van der Waals surface area contributed by atoms with Crippen molar-refractivity contribution >= 4 is 17.0 Å². The van der Waals surface area contributed by atoms with Crippen LogP contribution in [0.3, 0.4) is 0 Å². The van der Waals surface area contributed by atoms with E-state index in [2.05, 4.69) is 22.9 Å². The van der Waals surface area contributed by atoms with Crippen LogP contribution < -0.4 is 4.72 Å². The quantitative estimate of drug-likeness (QED) is 0.423. The van der Waals surface area contributed by atoms with Crippen LogP contribution >= 0.6 is 0 Å². The van der Waals surface area contributed by atoms with Crippen molar-refractivity contribution in [3.05, 3.63) is 47.8 Å². The average molecular weight is 395 g/mol. The van der Waals surface area contributed by atoms with Gasteiger partial charge < -0.3 is 9.72 Å². The molecule has 2 unspecified atom stereocenters. The van der Waals surface area contributed by atoms with Gasteiger partial charge in [0.05, 0.1) is 28.4 Å². The SMILES string of the molecule is C=CCCc1c(C(=O)OCC)[nH]c(C(CCC=C)NS(=O)C(C)(C)C)c1C. The first-order chi connectivity index (χ1) is 12.7. The predicted molar refractivity (Wildman–Crippen MR) is 113 cm³/mol. The van der Waals surface area contributed by atoms with Crippen molar-refractivity contribution in [2.75, 3.05) is 6.61 Å². The van der Waals surface area contributed by atoms with Crippen molar-refractivity contribution < 1.29 is 13.7 Å². The number of aromatic nitrogens is 1. The summed E-state index contributed by atoms with van der Waals surface area (Å²) in [6.45, 7) is 17.5. The smallest absolute Gasteiger partial charge is 0.355 e. The van der Waals surface area contributed by atoms with E-state index in [9.17, 15) is 9.00 Å². The van der Waals surface area contributed by atoms with Gasteiger partial charge in [-0.2, -0.15) is 0 Å². The number of ether oxygens (including phenoxy) is 1. The number of H-pyrrole nitrogens is 1. The normalized spacial score (nSPS) is 13.8. The molecule has 1 rings (SSSR count). The second-order valence-electron chi connectivity index (χ2n) is 7.48. The minimum absolute atomic E-state index is 0.172. The minimum Gasteiger partial charge on any atom is -0.461 e. The van der Waals surface area contributed by atoms with E-state index in [1.807, 2.05) is 39.8 Å². The molecule has 0 amide bonds. The van der Waals surface area contributed by atoms with Crippen molar-refractivity contribution in [1.82, 2.24) is 9.71 Å². The largest absolute Gasteiger partial charge is 0.461 e. The number of nitrogens with one attached hydrogen (secondary N) is 2. The van der Waals surface area contributed by atoms with Crippen LogP contribution in [0, 0.1) is 6.92 Å². The van der Waals surface area contributed by atoms with Gasteiger partial charge in [-0.25, -0.2) is 13.7 Å². The Bertz CT molecular complexity index is 686. The van der Waals surface area contributed by atoms with E-state index < -0.39 is 11.0 Å². The number of carbonyl (C=O) groups excluding carboxylic acids is 1. The van der Waals surface area contributed by atoms with E-state index in [0.717, 1.165) is 36.1 Å². The summed E-state index contributed by atoms with van der Waals surface area (Å²) >= 11 is 0. The lowest BCUT2D eigenvalue weighted by atomic mass is 10.0. The maximum absolute atomic E-state index is 12.7. The first-order valence-corrected chi connectivity index (χ1v) is 10.6. The Morgan fingerprint density at radius 1 is 1.30 bits per heavy atom. The molecule has 27 heavy (non-hydrogen) atoms. The molecule has 0 aromatic carbocycles. The summed E-state index contributed by atoms with van der Waals surface area (Å²) in [6.07, 6.45) is 6.66. The topological polar surface area (TPSA) is 71.2 Å². The van der Waals surface area contributed by atoms with Gasteiger partial charge >= 0.3 is 5.97 Å². The van der Waals surface area contributed by atoms with Crippen LogP contribution in [0.15, 0.2) is 25.3 Å². The van der Waals surface area contributed by atoms with Crippen LogP contribution in [-0.4, -0.2) is 26.5 Å². The monoisotopic (exact) mass is 394 g/mol. The van der Waals surface area contributed by atoms with Crippen LogP contribution in [-0.2, 0) is 22.1 Å². The van der Waals surface area contributed by atoms with E-state index in [0.29, 0.717) is 18.7 Å². The first kappa shape index (κ1) is 23.4. The highest BCUT2D eigenvalue weighted by Crippen LogP contribution is 2.29. The third-order valence-electron chi connectivity index (χ3n) is 4.31. The number of allylic oxidation sites excluding steroid dienone is 2. The molecule has 0 spiro atoms. The molecular formula is C21H34N2O3S. The molecule has 6 heteroatoms. The van der Waals surface area contributed by atoms with Gasteiger partial charge in [0.25, 0.3) is 0 Å². The first-order valence-electron chi connectivity index (χ1n) is 9.45. The zero-order valence-electron chi connectivity index (χ0n) is 17.3. The van der Waals surface area contributed by atoms with Crippen LogP contribution in [0.25, 0.3) is 0 Å². The predicted octanol–water partition coefficient (Wildman–Crippen LogP) is 4.68. The summed E-state index contributed by atoms with van der Waals surface area (Å²) < 4.78 is 20.7. The summed E-state index contributed by atoms with van der Waals surface area (Å²) in [6, 6.07) is -0.172. The van der Waals surface area contributed by atoms with Crippen molar-refractivity contribution in [1.29, 1.82) is 0 Å². The fraction of sp³-hybridized carbons (Fsp3) is 0.571. The zero-order valence-corrected chi connectivity index (χ0v) is 18.1. The summed E-state index contributed by atoms with van der Waals surface area (Å²) in [5.74, 6) is -0.356. The number of esters is 1. The maximum atomic E-state index is 12.7. The van der Waals surface area contributed by atoms with Gasteiger partial charge in [0.1, 0.15) is 5.69 Å². The van der Waals surface area contributed by atoms with Gasteiger partial charge in [0.2, 0.25) is 0 Å². The maximum Gasteiger partial charge on any atom is 0.355 e. The van der Waals surface area contributed by atoms with Gasteiger partial charge in [-0.05, 0) is 71.4 Å². The molecule has 0 aliphatic heterocycles. The van der Waals surface area contributed by atoms with E-state index >= 15 is 0 Å². The molecule has 1 aromatic heterocycles. The molecule has 0 aliphatic rings. The molecular weight excluding hydrogens is 360 g/mol.